The van der Waals surface area contributed by atoms with E-state index in [4.69, 9.17) is 16.3 Å². The van der Waals surface area contributed by atoms with Crippen LogP contribution in [0.2, 0.25) is 5.02 Å². The summed E-state index contributed by atoms with van der Waals surface area (Å²) in [5.74, 6) is -0.368. The molecular weight excluding hydrogens is 207 g/mol. The highest BCUT2D eigenvalue weighted by molar-refractivity contribution is 6.32. The third-order valence-corrected chi connectivity index (χ3v) is 2.08. The van der Waals surface area contributed by atoms with Gasteiger partial charge >= 0.3 is 0 Å². The highest BCUT2D eigenvalue weighted by atomic mass is 35.5. The molecule has 0 saturated heterocycles. The minimum atomic E-state index is -0.471. The van der Waals surface area contributed by atoms with Crippen molar-refractivity contribution < 1.29 is 13.9 Å². The fourth-order valence-electron chi connectivity index (χ4n) is 1.21. The number of hydrogen-bond donors (Lipinski definition) is 0. The minimum Gasteiger partial charge on any atom is -0.495 e. The number of benzene rings is 1. The van der Waals surface area contributed by atoms with Gasteiger partial charge in [-0.1, -0.05) is 11.6 Å². The number of carbonyl (C=O) groups excluding carboxylic acids is 1. The number of ketones is 1. The average Bonchev–Trinajstić information content (AvgIpc) is 2.11. The van der Waals surface area contributed by atoms with E-state index in [-0.39, 0.29) is 23.5 Å². The first-order chi connectivity index (χ1) is 6.56. The molecule has 0 aromatic heterocycles. The van der Waals surface area contributed by atoms with E-state index in [0.29, 0.717) is 5.02 Å². The van der Waals surface area contributed by atoms with E-state index in [1.54, 1.807) is 0 Å². The second-order valence-corrected chi connectivity index (χ2v) is 3.33. The van der Waals surface area contributed by atoms with Gasteiger partial charge in [-0.05, 0) is 19.1 Å². The van der Waals surface area contributed by atoms with E-state index in [0.717, 1.165) is 0 Å². The van der Waals surface area contributed by atoms with Crippen LogP contribution in [0.3, 0.4) is 0 Å². The smallest absolute Gasteiger partial charge is 0.144 e. The molecule has 0 bridgehead atoms. The fraction of sp³-hybridized carbons (Fsp3) is 0.300. The van der Waals surface area contributed by atoms with Gasteiger partial charge in [0.15, 0.2) is 0 Å². The fourth-order valence-corrected chi connectivity index (χ4v) is 1.46. The molecule has 0 atom stereocenters. The molecule has 0 aliphatic heterocycles. The molecular formula is C10H10ClFO2. The van der Waals surface area contributed by atoms with Crippen molar-refractivity contribution in [2.45, 2.75) is 13.3 Å². The van der Waals surface area contributed by atoms with Crippen molar-refractivity contribution >= 4 is 17.4 Å². The number of rotatable bonds is 3. The highest BCUT2D eigenvalue weighted by Crippen LogP contribution is 2.30. The van der Waals surface area contributed by atoms with Crippen LogP contribution in [0.1, 0.15) is 12.5 Å². The van der Waals surface area contributed by atoms with Gasteiger partial charge in [0.1, 0.15) is 17.3 Å². The monoisotopic (exact) mass is 216 g/mol. The van der Waals surface area contributed by atoms with Crippen LogP contribution in [0, 0.1) is 5.82 Å². The predicted molar refractivity (Wildman–Crippen MR) is 52.3 cm³/mol. The molecule has 0 N–H and O–H groups in total. The van der Waals surface area contributed by atoms with E-state index in [1.165, 1.54) is 26.2 Å². The standard InChI is InChI=1S/C10H10ClFO2/c1-6(13)5-7-9(12)4-3-8(11)10(7)14-2/h3-4H,5H2,1-2H3. The van der Waals surface area contributed by atoms with Crippen LogP contribution in [0.15, 0.2) is 12.1 Å². The van der Waals surface area contributed by atoms with Crippen molar-refractivity contribution in [3.63, 3.8) is 0 Å². The van der Waals surface area contributed by atoms with Gasteiger partial charge in [0.25, 0.3) is 0 Å². The SMILES string of the molecule is COc1c(Cl)ccc(F)c1CC(C)=O. The maximum absolute atomic E-state index is 13.3. The predicted octanol–water partition coefficient (Wildman–Crippen LogP) is 2.62. The Bertz CT molecular complexity index is 363. The lowest BCUT2D eigenvalue weighted by molar-refractivity contribution is -0.116. The zero-order valence-corrected chi connectivity index (χ0v) is 8.69. The van der Waals surface area contributed by atoms with Crippen LogP contribution in [-0.2, 0) is 11.2 Å². The minimum absolute atomic E-state index is 0.00440. The Morgan fingerprint density at radius 2 is 2.21 bits per heavy atom. The van der Waals surface area contributed by atoms with Gasteiger partial charge in [-0.25, -0.2) is 4.39 Å². The summed E-state index contributed by atoms with van der Waals surface area (Å²) < 4.78 is 18.2. The van der Waals surface area contributed by atoms with Gasteiger partial charge in [0.2, 0.25) is 0 Å². The molecule has 0 saturated carbocycles. The lowest BCUT2D eigenvalue weighted by Gasteiger charge is -2.09. The molecule has 0 aliphatic rings. The Labute approximate surface area is 86.6 Å². The van der Waals surface area contributed by atoms with Gasteiger partial charge in [-0.2, -0.15) is 0 Å². The van der Waals surface area contributed by atoms with Crippen LogP contribution in [0.25, 0.3) is 0 Å². The van der Waals surface area contributed by atoms with Crippen molar-refractivity contribution in [1.82, 2.24) is 0 Å². The molecule has 1 aromatic carbocycles. The maximum atomic E-state index is 13.3. The van der Waals surface area contributed by atoms with E-state index in [1.807, 2.05) is 0 Å². The van der Waals surface area contributed by atoms with Gasteiger partial charge in [0.05, 0.1) is 12.1 Å². The molecule has 4 heteroatoms. The Kier molecular flexibility index (Phi) is 3.47. The lowest BCUT2D eigenvalue weighted by Crippen LogP contribution is -2.03. The maximum Gasteiger partial charge on any atom is 0.144 e. The van der Waals surface area contributed by atoms with Crippen LogP contribution in [-0.4, -0.2) is 12.9 Å². The largest absolute Gasteiger partial charge is 0.495 e. The first-order valence-electron chi connectivity index (χ1n) is 4.06. The second kappa shape index (κ2) is 4.42. The average molecular weight is 217 g/mol. The number of Topliss-reactive ketones (excluding diaryl/α,β-unsaturated/α-hetero) is 1. The Morgan fingerprint density at radius 1 is 1.57 bits per heavy atom. The van der Waals surface area contributed by atoms with Crippen molar-refractivity contribution in [3.8, 4) is 5.75 Å². The molecule has 14 heavy (non-hydrogen) atoms. The van der Waals surface area contributed by atoms with Crippen molar-refractivity contribution in [2.75, 3.05) is 7.11 Å². The third kappa shape index (κ3) is 2.23. The topological polar surface area (TPSA) is 26.3 Å². The van der Waals surface area contributed by atoms with E-state index >= 15 is 0 Å². The second-order valence-electron chi connectivity index (χ2n) is 2.92. The van der Waals surface area contributed by atoms with Crippen LogP contribution in [0.4, 0.5) is 4.39 Å². The van der Waals surface area contributed by atoms with Crippen LogP contribution >= 0.6 is 11.6 Å². The number of hydrogen-bond acceptors (Lipinski definition) is 2. The summed E-state index contributed by atoms with van der Waals surface area (Å²) in [6, 6.07) is 2.63. The summed E-state index contributed by atoms with van der Waals surface area (Å²) >= 11 is 5.78. The Hall–Kier alpha value is -1.09. The highest BCUT2D eigenvalue weighted by Gasteiger charge is 2.14. The summed E-state index contributed by atoms with van der Waals surface area (Å²) in [6.07, 6.45) is -0.00440. The molecule has 76 valence electrons. The molecule has 0 amide bonds. The van der Waals surface area contributed by atoms with E-state index < -0.39 is 5.82 Å². The molecule has 2 nitrogen and oxygen atoms in total. The van der Waals surface area contributed by atoms with Gasteiger partial charge in [-0.15, -0.1) is 0 Å². The summed E-state index contributed by atoms with van der Waals surface area (Å²) in [6.45, 7) is 1.39. The summed E-state index contributed by atoms with van der Waals surface area (Å²) in [7, 11) is 1.39. The summed E-state index contributed by atoms with van der Waals surface area (Å²) in [5, 5.41) is 0.310. The van der Waals surface area contributed by atoms with Crippen molar-refractivity contribution in [2.24, 2.45) is 0 Å². The van der Waals surface area contributed by atoms with Crippen molar-refractivity contribution in [1.29, 1.82) is 0 Å². The number of carbonyl (C=O) groups is 1. The molecule has 0 spiro atoms. The molecule has 0 radical (unpaired) electrons. The lowest BCUT2D eigenvalue weighted by atomic mass is 10.1. The molecule has 1 aromatic rings. The number of ether oxygens (including phenoxy) is 1. The number of methoxy groups -OCH3 is 1. The molecule has 0 unspecified atom stereocenters. The summed E-state index contributed by atoms with van der Waals surface area (Å²) in [5.41, 5.74) is 0.215. The Balaban J connectivity index is 3.22. The molecule has 0 aliphatic carbocycles. The third-order valence-electron chi connectivity index (χ3n) is 1.79. The normalized spacial score (nSPS) is 10.0. The number of halogens is 2. The molecule has 0 heterocycles. The van der Waals surface area contributed by atoms with Crippen LogP contribution < -0.4 is 4.74 Å². The van der Waals surface area contributed by atoms with Crippen molar-refractivity contribution in [3.05, 3.63) is 28.5 Å². The quantitative estimate of drug-likeness (QED) is 0.777. The van der Waals surface area contributed by atoms with E-state index in [9.17, 15) is 9.18 Å². The molecule has 0 fully saturated rings. The van der Waals surface area contributed by atoms with Crippen LogP contribution in [0.5, 0.6) is 5.75 Å². The first-order valence-corrected chi connectivity index (χ1v) is 4.44. The zero-order valence-electron chi connectivity index (χ0n) is 7.93. The van der Waals surface area contributed by atoms with E-state index in [2.05, 4.69) is 0 Å². The van der Waals surface area contributed by atoms with Gasteiger partial charge < -0.3 is 4.74 Å². The Morgan fingerprint density at radius 3 is 2.71 bits per heavy atom. The first kappa shape index (κ1) is 11.0. The van der Waals surface area contributed by atoms with Gasteiger partial charge in [-0.3, -0.25) is 4.79 Å². The zero-order chi connectivity index (χ0) is 10.7. The van der Waals surface area contributed by atoms with Gasteiger partial charge in [0, 0.05) is 12.0 Å². The summed E-state index contributed by atoms with van der Waals surface area (Å²) in [4.78, 5) is 10.9. The molecule has 1 rings (SSSR count).